The van der Waals surface area contributed by atoms with Gasteiger partial charge >= 0.3 is 0 Å². The second-order valence-corrected chi connectivity index (χ2v) is 8.21. The van der Waals surface area contributed by atoms with Gasteiger partial charge in [0.05, 0.1) is 18.6 Å². The zero-order chi connectivity index (χ0) is 22.5. The van der Waals surface area contributed by atoms with E-state index in [0.29, 0.717) is 16.7 Å². The average Bonchev–Trinajstić information content (AvgIpc) is 3.25. The first-order valence-electron chi connectivity index (χ1n) is 10.2. The molecule has 6 nitrogen and oxygen atoms in total. The van der Waals surface area contributed by atoms with Crippen molar-refractivity contribution in [2.45, 2.75) is 19.0 Å². The number of anilines is 1. The highest BCUT2D eigenvalue weighted by atomic mass is 32.2. The summed E-state index contributed by atoms with van der Waals surface area (Å²) in [5.41, 5.74) is 4.77. The Hall–Kier alpha value is -3.58. The van der Waals surface area contributed by atoms with Crippen molar-refractivity contribution >= 4 is 23.4 Å². The van der Waals surface area contributed by atoms with Crippen molar-refractivity contribution < 1.29 is 9.53 Å². The fraction of sp³-hybridized carbons (Fsp3) is 0.160. The van der Waals surface area contributed by atoms with Crippen molar-refractivity contribution in [2.75, 3.05) is 18.2 Å². The highest BCUT2D eigenvalue weighted by Crippen LogP contribution is 2.32. The van der Waals surface area contributed by atoms with Crippen LogP contribution in [0.25, 0.3) is 17.1 Å². The number of carbonyl (C=O) groups excluding carboxylic acids is 1. The van der Waals surface area contributed by atoms with Gasteiger partial charge in [-0.15, -0.1) is 10.2 Å². The number of nitrogens with one attached hydrogen (secondary N) is 1. The van der Waals surface area contributed by atoms with Gasteiger partial charge in [0.15, 0.2) is 11.0 Å². The largest absolute Gasteiger partial charge is 0.495 e. The highest BCUT2D eigenvalue weighted by Gasteiger charge is 2.19. The molecule has 0 fully saturated rings. The van der Waals surface area contributed by atoms with Gasteiger partial charge in [0.1, 0.15) is 5.75 Å². The van der Waals surface area contributed by atoms with Gasteiger partial charge in [-0.1, -0.05) is 66.4 Å². The summed E-state index contributed by atoms with van der Waals surface area (Å²) in [7, 11) is 1.63. The number of benzene rings is 3. The van der Waals surface area contributed by atoms with Gasteiger partial charge in [0, 0.05) is 11.3 Å². The van der Waals surface area contributed by atoms with Crippen molar-refractivity contribution in [1.29, 1.82) is 0 Å². The number of aromatic nitrogens is 3. The van der Waals surface area contributed by atoms with E-state index >= 15 is 0 Å². The molecule has 4 rings (SSSR count). The molecule has 162 valence electrons. The van der Waals surface area contributed by atoms with Crippen molar-refractivity contribution in [2.24, 2.45) is 0 Å². The van der Waals surface area contributed by atoms with Crippen LogP contribution in [0, 0.1) is 13.8 Å². The Morgan fingerprint density at radius 2 is 1.72 bits per heavy atom. The van der Waals surface area contributed by atoms with Gasteiger partial charge < -0.3 is 10.1 Å². The molecular formula is C25H24N4O2S. The third kappa shape index (κ3) is 4.53. The third-order valence-corrected chi connectivity index (χ3v) is 6.13. The molecule has 0 bridgehead atoms. The normalized spacial score (nSPS) is 10.7. The fourth-order valence-corrected chi connectivity index (χ4v) is 4.12. The first-order valence-corrected chi connectivity index (χ1v) is 11.2. The quantitative estimate of drug-likeness (QED) is 0.392. The summed E-state index contributed by atoms with van der Waals surface area (Å²) in [5, 5.41) is 12.4. The van der Waals surface area contributed by atoms with Gasteiger partial charge in [-0.05, 0) is 43.2 Å². The lowest BCUT2D eigenvalue weighted by Gasteiger charge is -2.14. The SMILES string of the molecule is COc1ccccc1-n1c(SCC(=O)Nc2cccc(C)c2C)nnc1-c1ccccc1. The van der Waals surface area contributed by atoms with Crippen LogP contribution in [0.4, 0.5) is 5.69 Å². The minimum atomic E-state index is -0.0977. The van der Waals surface area contributed by atoms with Crippen molar-refractivity contribution in [3.63, 3.8) is 0 Å². The number of methoxy groups -OCH3 is 1. The number of rotatable bonds is 7. The van der Waals surface area contributed by atoms with Crippen molar-refractivity contribution in [3.8, 4) is 22.8 Å². The maximum absolute atomic E-state index is 12.7. The molecule has 0 aliphatic rings. The number of thioether (sulfide) groups is 1. The lowest BCUT2D eigenvalue weighted by Crippen LogP contribution is -2.15. The van der Waals surface area contributed by atoms with E-state index in [4.69, 9.17) is 4.74 Å². The van der Waals surface area contributed by atoms with Gasteiger partial charge in [-0.2, -0.15) is 0 Å². The van der Waals surface area contributed by atoms with Gasteiger partial charge in [-0.25, -0.2) is 0 Å². The minimum Gasteiger partial charge on any atom is -0.495 e. The minimum absolute atomic E-state index is 0.0977. The Kier molecular flexibility index (Phi) is 6.56. The van der Waals surface area contributed by atoms with Crippen LogP contribution in [0.1, 0.15) is 11.1 Å². The predicted molar refractivity (Wildman–Crippen MR) is 129 cm³/mol. The summed E-state index contributed by atoms with van der Waals surface area (Å²) in [6, 6.07) is 23.4. The van der Waals surface area contributed by atoms with Gasteiger partial charge in [-0.3, -0.25) is 9.36 Å². The summed E-state index contributed by atoms with van der Waals surface area (Å²) in [4.78, 5) is 12.7. The molecule has 32 heavy (non-hydrogen) atoms. The molecule has 1 amide bonds. The highest BCUT2D eigenvalue weighted by molar-refractivity contribution is 7.99. The molecule has 0 aliphatic carbocycles. The molecule has 0 saturated carbocycles. The predicted octanol–water partition coefficient (Wildman–Crippen LogP) is 5.29. The number of amides is 1. The number of carbonyl (C=O) groups is 1. The molecule has 1 N–H and O–H groups in total. The maximum Gasteiger partial charge on any atom is 0.234 e. The van der Waals surface area contributed by atoms with Crippen LogP contribution in [-0.4, -0.2) is 33.5 Å². The van der Waals surface area contributed by atoms with Crippen LogP contribution in [0.2, 0.25) is 0 Å². The molecule has 7 heteroatoms. The van der Waals surface area contributed by atoms with Crippen molar-refractivity contribution in [3.05, 3.63) is 83.9 Å². The summed E-state index contributed by atoms with van der Waals surface area (Å²) < 4.78 is 7.51. The first kappa shape index (κ1) is 21.6. The number of aryl methyl sites for hydroxylation is 1. The summed E-state index contributed by atoms with van der Waals surface area (Å²) >= 11 is 1.34. The Balaban J connectivity index is 1.63. The monoisotopic (exact) mass is 444 g/mol. The van der Waals surface area contributed by atoms with E-state index in [-0.39, 0.29) is 11.7 Å². The van der Waals surface area contributed by atoms with Crippen LogP contribution in [-0.2, 0) is 4.79 Å². The molecule has 0 atom stereocenters. The molecule has 0 unspecified atom stereocenters. The molecule has 1 heterocycles. The standard InChI is InChI=1S/C25H24N4O2S/c1-17-10-9-13-20(18(17)2)26-23(30)16-32-25-28-27-24(19-11-5-4-6-12-19)29(25)21-14-7-8-15-22(21)31-3/h4-15H,16H2,1-3H3,(H,26,30). The lowest BCUT2D eigenvalue weighted by atomic mass is 10.1. The lowest BCUT2D eigenvalue weighted by molar-refractivity contribution is -0.113. The zero-order valence-electron chi connectivity index (χ0n) is 18.2. The van der Waals surface area contributed by atoms with Crippen LogP contribution < -0.4 is 10.1 Å². The Labute approximate surface area is 191 Å². The third-order valence-electron chi connectivity index (χ3n) is 5.20. The molecule has 0 saturated heterocycles. The second-order valence-electron chi connectivity index (χ2n) is 7.26. The van der Waals surface area contributed by atoms with E-state index in [1.807, 2.05) is 91.2 Å². The fourth-order valence-electron chi connectivity index (χ4n) is 3.37. The van der Waals surface area contributed by atoms with Crippen LogP contribution >= 0.6 is 11.8 Å². The van der Waals surface area contributed by atoms with Gasteiger partial charge in [0.2, 0.25) is 5.91 Å². The average molecular weight is 445 g/mol. The van der Waals surface area contributed by atoms with E-state index in [0.717, 1.165) is 28.1 Å². The Morgan fingerprint density at radius 3 is 2.50 bits per heavy atom. The van der Waals surface area contributed by atoms with Crippen molar-refractivity contribution in [1.82, 2.24) is 14.8 Å². The van der Waals surface area contributed by atoms with Crippen LogP contribution in [0.3, 0.4) is 0 Å². The Bertz CT molecular complexity index is 1240. The maximum atomic E-state index is 12.7. The summed E-state index contributed by atoms with van der Waals surface area (Å²) in [5.74, 6) is 1.49. The van der Waals surface area contributed by atoms with E-state index in [2.05, 4.69) is 15.5 Å². The van der Waals surface area contributed by atoms with Gasteiger partial charge in [0.25, 0.3) is 0 Å². The molecule has 0 spiro atoms. The Morgan fingerprint density at radius 1 is 0.969 bits per heavy atom. The smallest absolute Gasteiger partial charge is 0.234 e. The summed E-state index contributed by atoms with van der Waals surface area (Å²) in [6.07, 6.45) is 0. The van der Waals surface area contributed by atoms with E-state index in [9.17, 15) is 4.79 Å². The number of para-hydroxylation sites is 2. The van der Waals surface area contributed by atoms with Crippen LogP contribution in [0.15, 0.2) is 78.0 Å². The zero-order valence-corrected chi connectivity index (χ0v) is 19.0. The molecule has 1 aromatic heterocycles. The molecule has 4 aromatic rings. The number of hydrogen-bond acceptors (Lipinski definition) is 5. The first-order chi connectivity index (χ1) is 15.6. The molecule has 0 radical (unpaired) electrons. The second kappa shape index (κ2) is 9.70. The molecule has 0 aliphatic heterocycles. The topological polar surface area (TPSA) is 69.0 Å². The number of ether oxygens (including phenoxy) is 1. The van der Waals surface area contributed by atoms with E-state index in [1.54, 1.807) is 7.11 Å². The molecular weight excluding hydrogens is 420 g/mol. The number of hydrogen-bond donors (Lipinski definition) is 1. The van der Waals surface area contributed by atoms with E-state index in [1.165, 1.54) is 11.8 Å². The van der Waals surface area contributed by atoms with E-state index < -0.39 is 0 Å². The number of nitrogens with zero attached hydrogens (tertiary/aromatic N) is 3. The summed E-state index contributed by atoms with van der Waals surface area (Å²) in [6.45, 7) is 4.03. The van der Waals surface area contributed by atoms with Crippen LogP contribution in [0.5, 0.6) is 5.75 Å². The molecule has 3 aromatic carbocycles.